The van der Waals surface area contributed by atoms with Crippen LogP contribution in [0.1, 0.15) is 83.5 Å². The van der Waals surface area contributed by atoms with Crippen LogP contribution in [0.3, 0.4) is 0 Å². The van der Waals surface area contributed by atoms with Crippen LogP contribution in [0.2, 0.25) is 0 Å². The third-order valence-corrected chi connectivity index (χ3v) is 10.0. The van der Waals surface area contributed by atoms with Gasteiger partial charge in [-0.05, 0) is 110 Å². The Labute approximate surface area is 266 Å². The van der Waals surface area contributed by atoms with E-state index in [2.05, 4.69) is 19.8 Å². The molecule has 2 aliphatic heterocycles. The maximum atomic E-state index is 14.2. The van der Waals surface area contributed by atoms with E-state index >= 15 is 0 Å². The fourth-order valence-corrected chi connectivity index (χ4v) is 7.30. The van der Waals surface area contributed by atoms with Gasteiger partial charge in [0.05, 0.1) is 11.8 Å². The summed E-state index contributed by atoms with van der Waals surface area (Å²) in [7, 11) is 1.69. The quantitative estimate of drug-likeness (QED) is 0.375. The molecule has 1 spiro atoms. The van der Waals surface area contributed by atoms with Gasteiger partial charge in [-0.1, -0.05) is 0 Å². The SMILES string of the molecule is CC(C)N(C)C(=O)c1cc(F)ccc1Oc1cncnc1N1CC2(CCN(CC3CCC(N(C(=O)O)C(C)(C)C)CC3)CC2)C1. The Kier molecular flexibility index (Phi) is 9.58. The molecule has 1 aromatic heterocycles. The molecule has 45 heavy (non-hydrogen) atoms. The second-order valence-electron chi connectivity index (χ2n) is 14.6. The number of hydrogen-bond donors (Lipinski definition) is 1. The lowest BCUT2D eigenvalue weighted by molar-refractivity contribution is 0.0370. The number of benzene rings is 1. The first-order chi connectivity index (χ1) is 21.3. The molecule has 2 amide bonds. The van der Waals surface area contributed by atoms with Crippen LogP contribution < -0.4 is 9.64 Å². The largest absolute Gasteiger partial charge is 0.465 e. The van der Waals surface area contributed by atoms with Crippen LogP contribution in [0.15, 0.2) is 30.7 Å². The second-order valence-corrected chi connectivity index (χ2v) is 14.6. The Bertz CT molecular complexity index is 1360. The smallest absolute Gasteiger partial charge is 0.407 e. The summed E-state index contributed by atoms with van der Waals surface area (Å²) < 4.78 is 20.4. The average molecular weight is 625 g/mol. The third kappa shape index (κ3) is 7.34. The highest BCUT2D eigenvalue weighted by molar-refractivity contribution is 5.97. The van der Waals surface area contributed by atoms with Crippen LogP contribution in [0.5, 0.6) is 11.5 Å². The van der Waals surface area contributed by atoms with E-state index in [9.17, 15) is 19.1 Å². The highest BCUT2D eigenvalue weighted by Crippen LogP contribution is 2.45. The van der Waals surface area contributed by atoms with Gasteiger partial charge in [0.25, 0.3) is 5.91 Å². The minimum Gasteiger partial charge on any atom is -0.465 e. The van der Waals surface area contributed by atoms with Gasteiger partial charge in [-0.3, -0.25) is 4.79 Å². The van der Waals surface area contributed by atoms with Gasteiger partial charge in [0.2, 0.25) is 0 Å². The van der Waals surface area contributed by atoms with Gasteiger partial charge >= 0.3 is 6.09 Å². The number of rotatable bonds is 8. The van der Waals surface area contributed by atoms with Crippen molar-refractivity contribution in [3.8, 4) is 11.5 Å². The number of halogens is 1. The van der Waals surface area contributed by atoms with Crippen molar-refractivity contribution in [1.82, 2.24) is 24.7 Å². The van der Waals surface area contributed by atoms with Gasteiger partial charge in [-0.25, -0.2) is 19.2 Å². The fourth-order valence-electron chi connectivity index (χ4n) is 7.30. The number of amides is 2. The van der Waals surface area contributed by atoms with Gasteiger partial charge in [0.15, 0.2) is 11.6 Å². The van der Waals surface area contributed by atoms with E-state index in [4.69, 9.17) is 4.74 Å². The Morgan fingerprint density at radius 3 is 2.38 bits per heavy atom. The number of likely N-dealkylation sites (tertiary alicyclic amines) is 1. The molecule has 2 saturated heterocycles. The lowest BCUT2D eigenvalue weighted by Crippen LogP contribution is -2.61. The summed E-state index contributed by atoms with van der Waals surface area (Å²) >= 11 is 0. The average Bonchev–Trinajstić information content (AvgIpc) is 2.97. The summed E-state index contributed by atoms with van der Waals surface area (Å²) in [5.74, 6) is 1.21. The van der Waals surface area contributed by atoms with Crippen molar-refractivity contribution in [2.24, 2.45) is 11.3 Å². The standard InChI is InChI=1S/C34H49FN6O4/c1-23(2)38(6)31(42)27-17-25(35)9-12-28(27)45-29-18-36-22-37-30(29)40-20-34(21-40)13-15-39(16-14-34)19-24-7-10-26(11-8-24)41(32(43)44)33(3,4)5/h9,12,17-18,22-24,26H,7-8,10-11,13-16,19-21H2,1-6H3,(H,43,44). The molecule has 1 N–H and O–H groups in total. The van der Waals surface area contributed by atoms with E-state index in [1.165, 1.54) is 24.5 Å². The van der Waals surface area contributed by atoms with Crippen molar-refractivity contribution in [2.75, 3.05) is 44.7 Å². The first kappa shape index (κ1) is 32.9. The summed E-state index contributed by atoms with van der Waals surface area (Å²) in [6.45, 7) is 14.7. The highest BCUT2D eigenvalue weighted by atomic mass is 19.1. The zero-order valence-electron chi connectivity index (χ0n) is 27.6. The van der Waals surface area contributed by atoms with E-state index in [0.717, 1.165) is 71.2 Å². The summed E-state index contributed by atoms with van der Waals surface area (Å²) in [6, 6.07) is 4.05. The molecular weight excluding hydrogens is 575 g/mol. The van der Waals surface area contributed by atoms with Gasteiger partial charge < -0.3 is 29.4 Å². The molecule has 1 aliphatic carbocycles. The maximum absolute atomic E-state index is 14.2. The van der Waals surface area contributed by atoms with E-state index in [0.29, 0.717) is 17.5 Å². The molecule has 0 atom stereocenters. The zero-order valence-corrected chi connectivity index (χ0v) is 27.6. The van der Waals surface area contributed by atoms with Crippen LogP contribution >= 0.6 is 0 Å². The number of hydrogen-bond acceptors (Lipinski definition) is 7. The minimum atomic E-state index is -0.813. The first-order valence-electron chi connectivity index (χ1n) is 16.3. The Morgan fingerprint density at radius 2 is 1.78 bits per heavy atom. The summed E-state index contributed by atoms with van der Waals surface area (Å²) in [5.41, 5.74) is 0.0188. The van der Waals surface area contributed by atoms with Crippen molar-refractivity contribution in [3.05, 3.63) is 42.1 Å². The van der Waals surface area contributed by atoms with Crippen molar-refractivity contribution in [2.45, 2.75) is 90.8 Å². The number of ether oxygens (including phenoxy) is 1. The van der Waals surface area contributed by atoms with Crippen LogP contribution in [0, 0.1) is 17.2 Å². The van der Waals surface area contributed by atoms with Gasteiger partial charge in [0, 0.05) is 49.7 Å². The van der Waals surface area contributed by atoms with E-state index in [-0.39, 0.29) is 40.3 Å². The van der Waals surface area contributed by atoms with Crippen molar-refractivity contribution in [1.29, 1.82) is 0 Å². The lowest BCUT2D eigenvalue weighted by Gasteiger charge is -2.55. The number of carbonyl (C=O) groups is 2. The molecule has 5 rings (SSSR count). The molecule has 10 nitrogen and oxygen atoms in total. The molecule has 1 saturated carbocycles. The Balaban J connectivity index is 1.15. The van der Waals surface area contributed by atoms with E-state index in [1.807, 2.05) is 34.6 Å². The van der Waals surface area contributed by atoms with Crippen LogP contribution in [0.25, 0.3) is 0 Å². The predicted octanol–water partition coefficient (Wildman–Crippen LogP) is 6.13. The van der Waals surface area contributed by atoms with Crippen molar-refractivity contribution < 1.29 is 23.8 Å². The number of nitrogens with zero attached hydrogens (tertiary/aromatic N) is 6. The van der Waals surface area contributed by atoms with E-state index < -0.39 is 11.9 Å². The molecule has 3 heterocycles. The molecule has 246 valence electrons. The van der Waals surface area contributed by atoms with Crippen LogP contribution in [-0.2, 0) is 0 Å². The predicted molar refractivity (Wildman–Crippen MR) is 171 cm³/mol. The topological polar surface area (TPSA) is 102 Å². The molecule has 3 aliphatic rings. The molecule has 11 heteroatoms. The van der Waals surface area contributed by atoms with Crippen LogP contribution in [-0.4, -0.2) is 99.2 Å². The van der Waals surface area contributed by atoms with Gasteiger partial charge in [-0.2, -0.15) is 0 Å². The number of carboxylic acid groups (broad SMARTS) is 1. The molecule has 0 radical (unpaired) electrons. The van der Waals surface area contributed by atoms with Gasteiger partial charge in [0.1, 0.15) is 17.9 Å². The summed E-state index contributed by atoms with van der Waals surface area (Å²) in [4.78, 5) is 41.8. The lowest BCUT2D eigenvalue weighted by atomic mass is 9.71. The number of piperidine rings is 1. The van der Waals surface area contributed by atoms with Crippen molar-refractivity contribution in [3.63, 3.8) is 0 Å². The monoisotopic (exact) mass is 624 g/mol. The molecule has 0 unspecified atom stereocenters. The number of anilines is 1. The Morgan fingerprint density at radius 1 is 1.11 bits per heavy atom. The zero-order chi connectivity index (χ0) is 32.5. The third-order valence-electron chi connectivity index (χ3n) is 10.0. The van der Waals surface area contributed by atoms with Crippen molar-refractivity contribution >= 4 is 17.8 Å². The summed E-state index contributed by atoms with van der Waals surface area (Å²) in [5, 5.41) is 9.79. The fraction of sp³-hybridized carbons (Fsp3) is 0.647. The number of aromatic nitrogens is 2. The molecule has 2 aromatic rings. The Hall–Kier alpha value is -3.47. The maximum Gasteiger partial charge on any atom is 0.407 e. The number of carbonyl (C=O) groups excluding carboxylic acids is 1. The van der Waals surface area contributed by atoms with Crippen LogP contribution in [0.4, 0.5) is 15.0 Å². The minimum absolute atomic E-state index is 0.0498. The molecular formula is C34H49FN6O4. The molecule has 0 bridgehead atoms. The first-order valence-corrected chi connectivity index (χ1v) is 16.3. The summed E-state index contributed by atoms with van der Waals surface area (Å²) in [6.07, 6.45) is 8.56. The molecule has 1 aromatic carbocycles. The second kappa shape index (κ2) is 13.1. The highest BCUT2D eigenvalue weighted by Gasteiger charge is 2.46. The van der Waals surface area contributed by atoms with E-state index in [1.54, 1.807) is 23.0 Å². The normalized spacial score (nSPS) is 21.8. The van der Waals surface area contributed by atoms with Gasteiger partial charge in [-0.15, -0.1) is 0 Å². The molecule has 3 fully saturated rings.